The Morgan fingerprint density at radius 1 is 0.875 bits per heavy atom. The number of carbonyl (C=O) groups is 2. The van der Waals surface area contributed by atoms with E-state index in [0.29, 0.717) is 15.7 Å². The summed E-state index contributed by atoms with van der Waals surface area (Å²) in [6.45, 7) is 0.394. The van der Waals surface area contributed by atoms with Crippen molar-refractivity contribution in [3.05, 3.63) is 94.4 Å². The van der Waals surface area contributed by atoms with Crippen molar-refractivity contribution in [3.8, 4) is 5.75 Å². The van der Waals surface area contributed by atoms with E-state index in [1.165, 1.54) is 4.90 Å². The van der Waals surface area contributed by atoms with E-state index in [-0.39, 0.29) is 24.3 Å². The van der Waals surface area contributed by atoms with Crippen molar-refractivity contribution in [2.75, 3.05) is 13.2 Å². The molecule has 0 aliphatic carbocycles. The van der Waals surface area contributed by atoms with Crippen molar-refractivity contribution in [2.24, 2.45) is 0 Å². The molecule has 2 amide bonds. The van der Waals surface area contributed by atoms with Gasteiger partial charge in [-0.3, -0.25) is 14.5 Å². The van der Waals surface area contributed by atoms with Gasteiger partial charge in [-0.2, -0.15) is 0 Å². The number of amides is 2. The van der Waals surface area contributed by atoms with Gasteiger partial charge in [-0.1, -0.05) is 60.1 Å². The van der Waals surface area contributed by atoms with Crippen LogP contribution < -0.4 is 4.74 Å². The topological polar surface area (TPSA) is 46.6 Å². The van der Waals surface area contributed by atoms with Crippen molar-refractivity contribution in [2.45, 2.75) is 0 Å². The summed E-state index contributed by atoms with van der Waals surface area (Å²) in [5.74, 6) is 0.343. The predicted octanol–water partition coefficient (Wildman–Crippen LogP) is 6.76. The van der Waals surface area contributed by atoms with Crippen LogP contribution in [0, 0.1) is 0 Å². The maximum atomic E-state index is 13.0. The van der Waals surface area contributed by atoms with Crippen LogP contribution in [0.1, 0.15) is 5.56 Å². The Morgan fingerprint density at radius 3 is 2.16 bits per heavy atom. The quantitative estimate of drug-likeness (QED) is 0.244. The molecule has 1 saturated heterocycles. The van der Waals surface area contributed by atoms with Gasteiger partial charge in [-0.25, -0.2) is 0 Å². The van der Waals surface area contributed by atoms with E-state index in [9.17, 15) is 9.59 Å². The summed E-state index contributed by atoms with van der Waals surface area (Å²) >= 11 is 6.85. The van der Waals surface area contributed by atoms with Gasteiger partial charge in [0.1, 0.15) is 12.4 Å². The van der Waals surface area contributed by atoms with E-state index in [2.05, 4.69) is 18.2 Å². The summed E-state index contributed by atoms with van der Waals surface area (Å²) in [7, 11) is 0. The number of hydrogen-bond donors (Lipinski definition) is 0. The molecular formula is C26H18ClNO3S. The standard InChI is InChI=1S/C26H18ClNO3S/c27-19-9-11-20(12-10-19)31-14-13-28-25(29)24(32-26(28)30)16-23-21-7-3-1-5-17(21)15-18-6-2-4-8-22(18)23/h1-12,15-16H,13-14H2/b24-16-. The van der Waals surface area contributed by atoms with Crippen LogP contribution in [0.25, 0.3) is 27.6 Å². The van der Waals surface area contributed by atoms with Crippen molar-refractivity contribution >= 4 is 62.1 Å². The molecule has 0 N–H and O–H groups in total. The highest BCUT2D eigenvalue weighted by molar-refractivity contribution is 8.18. The fourth-order valence-corrected chi connectivity index (χ4v) is 4.79. The monoisotopic (exact) mass is 459 g/mol. The zero-order valence-corrected chi connectivity index (χ0v) is 18.5. The van der Waals surface area contributed by atoms with Crippen LogP contribution in [-0.2, 0) is 4.79 Å². The third kappa shape index (κ3) is 3.97. The molecule has 4 aromatic rings. The number of ether oxygens (including phenoxy) is 1. The van der Waals surface area contributed by atoms with Crippen LogP contribution >= 0.6 is 23.4 Å². The lowest BCUT2D eigenvalue weighted by molar-refractivity contribution is -0.123. The van der Waals surface area contributed by atoms with E-state index in [4.69, 9.17) is 16.3 Å². The second-order valence-corrected chi connectivity index (χ2v) is 8.80. The van der Waals surface area contributed by atoms with E-state index in [0.717, 1.165) is 38.9 Å². The lowest BCUT2D eigenvalue weighted by atomic mass is 9.96. The first kappa shape index (κ1) is 20.6. The number of hydrogen-bond acceptors (Lipinski definition) is 4. The Bertz CT molecular complexity index is 1330. The minimum absolute atomic E-state index is 0.181. The van der Waals surface area contributed by atoms with Crippen molar-refractivity contribution in [1.29, 1.82) is 0 Å². The second-order valence-electron chi connectivity index (χ2n) is 7.37. The first-order chi connectivity index (χ1) is 15.6. The molecular weight excluding hydrogens is 442 g/mol. The molecule has 4 nitrogen and oxygen atoms in total. The molecule has 158 valence electrons. The van der Waals surface area contributed by atoms with Crippen LogP contribution in [0.5, 0.6) is 5.75 Å². The third-order valence-corrected chi connectivity index (χ3v) is 6.52. The summed E-state index contributed by atoms with van der Waals surface area (Å²) in [5.41, 5.74) is 0.946. The van der Waals surface area contributed by atoms with Gasteiger partial charge in [0.2, 0.25) is 0 Å². The van der Waals surface area contributed by atoms with Crippen LogP contribution in [0.3, 0.4) is 0 Å². The first-order valence-corrected chi connectivity index (χ1v) is 11.3. The molecule has 32 heavy (non-hydrogen) atoms. The normalized spacial score (nSPS) is 15.3. The SMILES string of the molecule is O=C1S/C(=C\c2c3ccccc3cc3ccccc23)C(=O)N1CCOc1ccc(Cl)cc1. The summed E-state index contributed by atoms with van der Waals surface area (Å²) in [5, 5.41) is 4.61. The highest BCUT2D eigenvalue weighted by Crippen LogP contribution is 2.36. The summed E-state index contributed by atoms with van der Waals surface area (Å²) in [6, 6.07) is 25.2. The number of halogens is 1. The fraction of sp³-hybridized carbons (Fsp3) is 0.0769. The van der Waals surface area contributed by atoms with Crippen molar-refractivity contribution < 1.29 is 14.3 Å². The number of imide groups is 1. The molecule has 0 spiro atoms. The molecule has 0 radical (unpaired) electrons. The Morgan fingerprint density at radius 2 is 1.50 bits per heavy atom. The molecule has 5 rings (SSSR count). The highest BCUT2D eigenvalue weighted by Gasteiger charge is 2.35. The highest BCUT2D eigenvalue weighted by atomic mass is 35.5. The van der Waals surface area contributed by atoms with Gasteiger partial charge in [0.05, 0.1) is 11.4 Å². The van der Waals surface area contributed by atoms with E-state index in [1.54, 1.807) is 24.3 Å². The molecule has 0 saturated carbocycles. The number of fused-ring (bicyclic) bond motifs is 2. The molecule has 0 bridgehead atoms. The molecule has 4 aromatic carbocycles. The van der Waals surface area contributed by atoms with Crippen LogP contribution in [0.15, 0.2) is 83.8 Å². The average molecular weight is 460 g/mol. The zero-order valence-electron chi connectivity index (χ0n) is 17.0. The van der Waals surface area contributed by atoms with Gasteiger partial charge in [0.25, 0.3) is 11.1 Å². The molecule has 1 aliphatic rings. The molecule has 1 aliphatic heterocycles. The predicted molar refractivity (Wildman–Crippen MR) is 131 cm³/mol. The van der Waals surface area contributed by atoms with Crippen LogP contribution in [0.2, 0.25) is 5.02 Å². The minimum atomic E-state index is -0.295. The van der Waals surface area contributed by atoms with Gasteiger partial charge >= 0.3 is 0 Å². The number of carbonyl (C=O) groups excluding carboxylic acids is 2. The molecule has 0 atom stereocenters. The van der Waals surface area contributed by atoms with Gasteiger partial charge in [0.15, 0.2) is 0 Å². The number of nitrogens with zero attached hydrogens (tertiary/aromatic N) is 1. The van der Waals surface area contributed by atoms with Crippen LogP contribution in [-0.4, -0.2) is 29.2 Å². The average Bonchev–Trinajstić information content (AvgIpc) is 3.07. The fourth-order valence-electron chi connectivity index (χ4n) is 3.81. The molecule has 1 heterocycles. The van der Waals surface area contributed by atoms with E-state index < -0.39 is 0 Å². The second kappa shape index (κ2) is 8.69. The molecule has 0 unspecified atom stereocenters. The Hall–Kier alpha value is -3.28. The summed E-state index contributed by atoms with van der Waals surface area (Å²) < 4.78 is 5.65. The summed E-state index contributed by atoms with van der Waals surface area (Å²) in [4.78, 5) is 27.2. The number of benzene rings is 4. The van der Waals surface area contributed by atoms with Crippen molar-refractivity contribution in [3.63, 3.8) is 0 Å². The lowest BCUT2D eigenvalue weighted by Gasteiger charge is -2.13. The van der Waals surface area contributed by atoms with E-state index in [1.807, 2.05) is 42.5 Å². The Kier molecular flexibility index (Phi) is 5.60. The maximum absolute atomic E-state index is 13.0. The van der Waals surface area contributed by atoms with Gasteiger partial charge in [-0.05, 0) is 75.3 Å². The van der Waals surface area contributed by atoms with Gasteiger partial charge in [0, 0.05) is 5.02 Å². The smallest absolute Gasteiger partial charge is 0.293 e. The molecule has 1 fully saturated rings. The molecule has 0 aromatic heterocycles. The lowest BCUT2D eigenvalue weighted by Crippen LogP contribution is -2.32. The van der Waals surface area contributed by atoms with Gasteiger partial charge < -0.3 is 4.74 Å². The van der Waals surface area contributed by atoms with Crippen LogP contribution in [0.4, 0.5) is 4.79 Å². The van der Waals surface area contributed by atoms with Crippen molar-refractivity contribution in [1.82, 2.24) is 4.90 Å². The Balaban J connectivity index is 1.42. The largest absolute Gasteiger partial charge is 0.492 e. The minimum Gasteiger partial charge on any atom is -0.492 e. The summed E-state index contributed by atoms with van der Waals surface area (Å²) in [6.07, 6.45) is 1.84. The maximum Gasteiger partial charge on any atom is 0.293 e. The Labute approximate surface area is 194 Å². The first-order valence-electron chi connectivity index (χ1n) is 10.1. The van der Waals surface area contributed by atoms with Gasteiger partial charge in [-0.15, -0.1) is 0 Å². The zero-order chi connectivity index (χ0) is 22.1. The molecule has 6 heteroatoms. The van der Waals surface area contributed by atoms with E-state index >= 15 is 0 Å². The number of rotatable bonds is 5. The number of thioether (sulfide) groups is 1. The third-order valence-electron chi connectivity index (χ3n) is 5.36.